The summed E-state index contributed by atoms with van der Waals surface area (Å²) < 4.78 is 2.26. The second-order valence-electron chi connectivity index (χ2n) is 4.41. The number of hydrogen-bond acceptors (Lipinski definition) is 2. The van der Waals surface area contributed by atoms with Crippen LogP contribution in [-0.4, -0.2) is 14.8 Å². The molecule has 0 fully saturated rings. The van der Waals surface area contributed by atoms with Crippen molar-refractivity contribution in [3.8, 4) is 11.4 Å². The molecule has 0 bridgehead atoms. The van der Waals surface area contributed by atoms with Gasteiger partial charge in [0.15, 0.2) is 5.82 Å². The van der Waals surface area contributed by atoms with E-state index < -0.39 is 0 Å². The predicted octanol–water partition coefficient (Wildman–Crippen LogP) is 2.59. The van der Waals surface area contributed by atoms with Crippen molar-refractivity contribution in [2.75, 3.05) is 0 Å². The largest absolute Gasteiger partial charge is 0.311 e. The highest BCUT2D eigenvalue weighted by Crippen LogP contribution is 2.22. The summed E-state index contributed by atoms with van der Waals surface area (Å²) in [5.74, 6) is 2.16. The summed E-state index contributed by atoms with van der Waals surface area (Å²) in [6.07, 6.45) is 3.55. The van der Waals surface area contributed by atoms with Gasteiger partial charge in [-0.3, -0.25) is 0 Å². The molecule has 2 aromatic rings. The van der Waals surface area contributed by atoms with Gasteiger partial charge in [0.2, 0.25) is 0 Å². The number of benzene rings is 1. The van der Waals surface area contributed by atoms with Crippen molar-refractivity contribution in [1.82, 2.24) is 14.8 Å². The molecule has 0 aliphatic carbocycles. The Morgan fingerprint density at radius 3 is 2.69 bits per heavy atom. The average Bonchev–Trinajstić information content (AvgIpc) is 2.74. The van der Waals surface area contributed by atoms with E-state index in [1.54, 1.807) is 0 Å². The lowest BCUT2D eigenvalue weighted by Gasteiger charge is -2.14. The van der Waals surface area contributed by atoms with Crippen LogP contribution in [0.2, 0.25) is 0 Å². The van der Waals surface area contributed by atoms with Crippen LogP contribution in [0.25, 0.3) is 11.4 Å². The van der Waals surface area contributed by atoms with E-state index in [4.69, 9.17) is 0 Å². The summed E-state index contributed by atoms with van der Waals surface area (Å²) >= 11 is 0. The Morgan fingerprint density at radius 2 is 1.88 bits per heavy atom. The average molecular weight is 213 g/mol. The highest BCUT2D eigenvalue weighted by molar-refractivity contribution is 5.55. The van der Waals surface area contributed by atoms with Crippen molar-refractivity contribution in [1.29, 1.82) is 0 Å². The van der Waals surface area contributed by atoms with Crippen molar-refractivity contribution in [3.63, 3.8) is 0 Å². The van der Waals surface area contributed by atoms with Crippen LogP contribution >= 0.6 is 0 Å². The van der Waals surface area contributed by atoms with Gasteiger partial charge in [0, 0.05) is 18.5 Å². The maximum atomic E-state index is 4.31. The maximum absolute atomic E-state index is 4.31. The Hall–Kier alpha value is -1.64. The van der Waals surface area contributed by atoms with Gasteiger partial charge < -0.3 is 4.57 Å². The van der Waals surface area contributed by atoms with Gasteiger partial charge in [0.25, 0.3) is 0 Å². The molecule has 82 valence electrons. The number of hydrogen-bond donors (Lipinski definition) is 0. The van der Waals surface area contributed by atoms with Gasteiger partial charge in [-0.15, -0.1) is 10.2 Å². The molecule has 0 amide bonds. The first kappa shape index (κ1) is 9.58. The van der Waals surface area contributed by atoms with E-state index in [-0.39, 0.29) is 0 Å². The van der Waals surface area contributed by atoms with Crippen molar-refractivity contribution >= 4 is 0 Å². The van der Waals surface area contributed by atoms with E-state index in [2.05, 4.69) is 46.0 Å². The van der Waals surface area contributed by atoms with Gasteiger partial charge >= 0.3 is 0 Å². The van der Waals surface area contributed by atoms with Crippen LogP contribution in [0, 0.1) is 6.92 Å². The van der Waals surface area contributed by atoms with Crippen molar-refractivity contribution in [3.05, 3.63) is 35.7 Å². The third kappa shape index (κ3) is 1.52. The molecule has 16 heavy (non-hydrogen) atoms. The molecule has 1 aromatic carbocycles. The standard InChI is InChI=1S/C13H15N3/c1-10-5-7-11(8-6-10)13-15-14-12-4-2-3-9-16(12)13/h5-8H,2-4,9H2,1H3. The van der Waals surface area contributed by atoms with Gasteiger partial charge in [-0.2, -0.15) is 0 Å². The lowest BCUT2D eigenvalue weighted by molar-refractivity contribution is 0.526. The molecular weight excluding hydrogens is 198 g/mol. The van der Waals surface area contributed by atoms with E-state index in [9.17, 15) is 0 Å². The molecule has 1 aliphatic heterocycles. The number of rotatable bonds is 1. The van der Waals surface area contributed by atoms with Gasteiger partial charge in [-0.1, -0.05) is 29.8 Å². The van der Waals surface area contributed by atoms with Crippen LogP contribution in [-0.2, 0) is 13.0 Å². The Morgan fingerprint density at radius 1 is 1.06 bits per heavy atom. The molecule has 0 radical (unpaired) electrons. The molecule has 0 saturated heterocycles. The first-order valence-corrected chi connectivity index (χ1v) is 5.84. The fourth-order valence-electron chi connectivity index (χ4n) is 2.22. The minimum Gasteiger partial charge on any atom is -0.311 e. The molecular formula is C13H15N3. The van der Waals surface area contributed by atoms with Gasteiger partial charge in [-0.25, -0.2) is 0 Å². The molecule has 3 heteroatoms. The Kier molecular flexibility index (Phi) is 2.24. The molecule has 3 nitrogen and oxygen atoms in total. The van der Waals surface area contributed by atoms with Crippen LogP contribution in [0.15, 0.2) is 24.3 Å². The fourth-order valence-corrected chi connectivity index (χ4v) is 2.22. The van der Waals surface area contributed by atoms with Crippen molar-refractivity contribution < 1.29 is 0 Å². The third-order valence-corrected chi connectivity index (χ3v) is 3.17. The van der Waals surface area contributed by atoms with Crippen LogP contribution in [0.5, 0.6) is 0 Å². The van der Waals surface area contributed by atoms with Crippen molar-refractivity contribution in [2.24, 2.45) is 0 Å². The number of aryl methyl sites for hydroxylation is 2. The Bertz CT molecular complexity index is 496. The summed E-state index contributed by atoms with van der Waals surface area (Å²) in [5.41, 5.74) is 2.45. The molecule has 0 saturated carbocycles. The molecule has 0 unspecified atom stereocenters. The second kappa shape index (κ2) is 3.74. The molecule has 2 heterocycles. The van der Waals surface area contributed by atoms with E-state index in [0.717, 1.165) is 24.6 Å². The molecule has 1 aromatic heterocycles. The minimum absolute atomic E-state index is 1.02. The molecule has 0 N–H and O–H groups in total. The number of nitrogens with zero attached hydrogens (tertiary/aromatic N) is 3. The SMILES string of the molecule is Cc1ccc(-c2nnc3n2CCCC3)cc1. The quantitative estimate of drug-likeness (QED) is 0.729. The fraction of sp³-hybridized carbons (Fsp3) is 0.385. The zero-order valence-corrected chi connectivity index (χ0v) is 9.48. The zero-order chi connectivity index (χ0) is 11.0. The molecule has 0 spiro atoms. The zero-order valence-electron chi connectivity index (χ0n) is 9.48. The van der Waals surface area contributed by atoms with Gasteiger partial charge in [-0.05, 0) is 19.8 Å². The van der Waals surface area contributed by atoms with E-state index >= 15 is 0 Å². The van der Waals surface area contributed by atoms with Crippen LogP contribution in [0.4, 0.5) is 0 Å². The van der Waals surface area contributed by atoms with Crippen LogP contribution < -0.4 is 0 Å². The van der Waals surface area contributed by atoms with Crippen molar-refractivity contribution in [2.45, 2.75) is 32.7 Å². The van der Waals surface area contributed by atoms with E-state index in [1.807, 2.05) is 0 Å². The first-order valence-electron chi connectivity index (χ1n) is 5.84. The highest BCUT2D eigenvalue weighted by atomic mass is 15.3. The summed E-state index contributed by atoms with van der Waals surface area (Å²) in [4.78, 5) is 0. The summed E-state index contributed by atoms with van der Waals surface area (Å²) in [6.45, 7) is 3.16. The van der Waals surface area contributed by atoms with Crippen LogP contribution in [0.1, 0.15) is 24.2 Å². The number of fused-ring (bicyclic) bond motifs is 1. The minimum atomic E-state index is 1.02. The lowest BCUT2D eigenvalue weighted by atomic mass is 10.1. The summed E-state index contributed by atoms with van der Waals surface area (Å²) in [6, 6.07) is 8.50. The molecule has 0 atom stereocenters. The Labute approximate surface area is 95.1 Å². The Balaban J connectivity index is 2.06. The second-order valence-corrected chi connectivity index (χ2v) is 4.41. The topological polar surface area (TPSA) is 30.7 Å². The van der Waals surface area contributed by atoms with Gasteiger partial charge in [0.1, 0.15) is 5.82 Å². The van der Waals surface area contributed by atoms with Crippen LogP contribution in [0.3, 0.4) is 0 Å². The smallest absolute Gasteiger partial charge is 0.163 e. The highest BCUT2D eigenvalue weighted by Gasteiger charge is 2.16. The van der Waals surface area contributed by atoms with E-state index in [0.29, 0.717) is 0 Å². The third-order valence-electron chi connectivity index (χ3n) is 3.17. The monoisotopic (exact) mass is 213 g/mol. The van der Waals surface area contributed by atoms with Gasteiger partial charge in [0.05, 0.1) is 0 Å². The predicted molar refractivity (Wildman–Crippen MR) is 63.1 cm³/mol. The number of aromatic nitrogens is 3. The maximum Gasteiger partial charge on any atom is 0.163 e. The summed E-state index contributed by atoms with van der Waals surface area (Å²) in [5, 5.41) is 8.58. The summed E-state index contributed by atoms with van der Waals surface area (Å²) in [7, 11) is 0. The molecule has 1 aliphatic rings. The lowest BCUT2D eigenvalue weighted by Crippen LogP contribution is -2.11. The van der Waals surface area contributed by atoms with E-state index in [1.165, 1.54) is 24.0 Å². The normalized spacial score (nSPS) is 14.8. The molecule has 3 rings (SSSR count). The first-order chi connectivity index (χ1) is 7.84.